The highest BCUT2D eigenvalue weighted by Gasteiger charge is 2.31. The molecule has 0 radical (unpaired) electrons. The molecule has 5 nitrogen and oxygen atoms in total. The fourth-order valence-electron chi connectivity index (χ4n) is 3.93. The third-order valence-electron chi connectivity index (χ3n) is 6.36. The molecule has 0 aliphatic carbocycles. The number of hydrogen-bond donors (Lipinski definition) is 1. The van der Waals surface area contributed by atoms with Gasteiger partial charge in [-0.25, -0.2) is 0 Å². The van der Waals surface area contributed by atoms with E-state index < -0.39 is 6.04 Å². The number of ether oxygens (including phenoxy) is 1. The topological polar surface area (TPSA) is 58.6 Å². The van der Waals surface area contributed by atoms with Gasteiger partial charge in [-0.15, -0.1) is 0 Å². The number of amides is 2. The van der Waals surface area contributed by atoms with E-state index in [2.05, 4.69) is 28.2 Å². The molecule has 0 fully saturated rings. The van der Waals surface area contributed by atoms with Crippen LogP contribution in [0.3, 0.4) is 0 Å². The molecule has 3 aromatic carbocycles. The number of halogens is 3. The van der Waals surface area contributed by atoms with Crippen molar-refractivity contribution in [3.05, 3.63) is 97.9 Å². The van der Waals surface area contributed by atoms with E-state index in [9.17, 15) is 9.59 Å². The molecule has 0 aliphatic heterocycles. The van der Waals surface area contributed by atoms with E-state index >= 15 is 0 Å². The van der Waals surface area contributed by atoms with Gasteiger partial charge in [-0.2, -0.15) is 0 Å². The monoisotopic (exact) mass is 618 g/mol. The lowest BCUT2D eigenvalue weighted by atomic mass is 10.0. The van der Waals surface area contributed by atoms with Crippen LogP contribution in [0.5, 0.6) is 5.75 Å². The predicted molar refractivity (Wildman–Crippen MR) is 158 cm³/mol. The smallest absolute Gasteiger partial charge is 0.261 e. The van der Waals surface area contributed by atoms with Crippen molar-refractivity contribution < 1.29 is 14.3 Å². The summed E-state index contributed by atoms with van der Waals surface area (Å²) in [5, 5.41) is 3.87. The molecule has 0 aliphatic rings. The molecule has 0 saturated carbocycles. The SMILES string of the molecule is CCc1ccc(OCC(=O)N(Cc2ccc(Cl)c(Cl)c2)[C@@H](Cc2ccccc2)C(=O)N[C@@H](C)CC)c(Br)c1. The van der Waals surface area contributed by atoms with Gasteiger partial charge in [-0.3, -0.25) is 9.59 Å². The van der Waals surface area contributed by atoms with E-state index in [1.165, 1.54) is 0 Å². The Hall–Kier alpha value is -2.54. The van der Waals surface area contributed by atoms with E-state index in [-0.39, 0.29) is 31.0 Å². The first-order valence-electron chi connectivity index (χ1n) is 12.7. The highest BCUT2D eigenvalue weighted by Crippen LogP contribution is 2.27. The molecule has 0 aromatic heterocycles. The van der Waals surface area contributed by atoms with Gasteiger partial charge in [0, 0.05) is 19.0 Å². The van der Waals surface area contributed by atoms with Gasteiger partial charge >= 0.3 is 0 Å². The third kappa shape index (κ3) is 8.48. The van der Waals surface area contributed by atoms with E-state index in [4.69, 9.17) is 27.9 Å². The minimum atomic E-state index is -0.761. The standard InChI is InChI=1S/C30H33BrCl2N2O3/c1-4-20(3)34-30(37)27(17-22-9-7-6-8-10-22)35(18-23-11-13-25(32)26(33)16-23)29(36)19-38-28-14-12-21(5-2)15-24(28)31/h6-16,20,27H,4-5,17-19H2,1-3H3,(H,34,37)/t20-,27-/m0/s1. The highest BCUT2D eigenvalue weighted by atomic mass is 79.9. The molecule has 3 aromatic rings. The van der Waals surface area contributed by atoms with Gasteiger partial charge < -0.3 is 15.0 Å². The first-order chi connectivity index (χ1) is 18.2. The van der Waals surface area contributed by atoms with Crippen LogP contribution in [0.15, 0.2) is 71.2 Å². The molecule has 0 bridgehead atoms. The maximum Gasteiger partial charge on any atom is 0.261 e. The van der Waals surface area contributed by atoms with Crippen LogP contribution in [-0.4, -0.2) is 35.4 Å². The Bertz CT molecular complexity index is 1240. The van der Waals surface area contributed by atoms with Crippen LogP contribution in [-0.2, 0) is 29.0 Å². The summed E-state index contributed by atoms with van der Waals surface area (Å²) in [6, 6.07) is 19.9. The average molecular weight is 620 g/mol. The molecule has 3 rings (SSSR count). The summed E-state index contributed by atoms with van der Waals surface area (Å²) in [6.45, 7) is 5.96. The van der Waals surface area contributed by atoms with Crippen LogP contribution < -0.4 is 10.1 Å². The average Bonchev–Trinajstić information content (AvgIpc) is 2.92. The largest absolute Gasteiger partial charge is 0.483 e. The minimum absolute atomic E-state index is 0.0352. The van der Waals surface area contributed by atoms with Crippen molar-refractivity contribution in [1.82, 2.24) is 10.2 Å². The van der Waals surface area contributed by atoms with Crippen molar-refractivity contribution in [2.45, 2.75) is 58.7 Å². The summed E-state index contributed by atoms with van der Waals surface area (Å²) < 4.78 is 6.70. The first kappa shape index (κ1) is 30.0. The summed E-state index contributed by atoms with van der Waals surface area (Å²) in [7, 11) is 0. The van der Waals surface area contributed by atoms with Crippen molar-refractivity contribution in [2.75, 3.05) is 6.61 Å². The van der Waals surface area contributed by atoms with E-state index in [0.29, 0.717) is 22.2 Å². The van der Waals surface area contributed by atoms with Crippen molar-refractivity contribution in [1.29, 1.82) is 0 Å². The summed E-state index contributed by atoms with van der Waals surface area (Å²) in [5.74, 6) is 0.0292. The lowest BCUT2D eigenvalue weighted by Crippen LogP contribution is -2.53. The number of aryl methyl sites for hydroxylation is 1. The Morgan fingerprint density at radius 3 is 2.29 bits per heavy atom. The van der Waals surface area contributed by atoms with Crippen molar-refractivity contribution in [2.24, 2.45) is 0 Å². The minimum Gasteiger partial charge on any atom is -0.483 e. The lowest BCUT2D eigenvalue weighted by molar-refractivity contribution is -0.143. The number of benzene rings is 3. The van der Waals surface area contributed by atoms with Gasteiger partial charge in [-0.1, -0.05) is 79.5 Å². The molecule has 0 heterocycles. The summed E-state index contributed by atoms with van der Waals surface area (Å²) in [6.07, 6.45) is 2.02. The second-order valence-electron chi connectivity index (χ2n) is 9.20. The molecule has 0 spiro atoms. The Morgan fingerprint density at radius 2 is 1.66 bits per heavy atom. The predicted octanol–water partition coefficient (Wildman–Crippen LogP) is 7.25. The summed E-state index contributed by atoms with van der Waals surface area (Å²) >= 11 is 15.9. The fourth-order valence-corrected chi connectivity index (χ4v) is 4.79. The summed E-state index contributed by atoms with van der Waals surface area (Å²) in [4.78, 5) is 28.9. The zero-order valence-corrected chi connectivity index (χ0v) is 24.9. The number of hydrogen-bond acceptors (Lipinski definition) is 3. The maximum atomic E-state index is 13.7. The second kappa shape index (κ2) is 14.6. The van der Waals surface area contributed by atoms with Crippen LogP contribution in [0, 0.1) is 0 Å². The Kier molecular flexibility index (Phi) is 11.5. The number of carbonyl (C=O) groups excluding carboxylic acids is 2. The van der Waals surface area contributed by atoms with Crippen LogP contribution in [0.25, 0.3) is 0 Å². The molecule has 2 atom stereocenters. The molecule has 0 unspecified atom stereocenters. The lowest BCUT2D eigenvalue weighted by Gasteiger charge is -2.32. The van der Waals surface area contributed by atoms with E-state index in [0.717, 1.165) is 34.0 Å². The van der Waals surface area contributed by atoms with Crippen molar-refractivity contribution >= 4 is 50.9 Å². The number of nitrogens with zero attached hydrogens (tertiary/aromatic N) is 1. The van der Waals surface area contributed by atoms with Gasteiger partial charge in [0.05, 0.1) is 14.5 Å². The molecule has 2 amide bonds. The molecular weight excluding hydrogens is 587 g/mol. The van der Waals surface area contributed by atoms with Gasteiger partial charge in [-0.05, 0) is 76.7 Å². The molecule has 8 heteroatoms. The Balaban J connectivity index is 1.94. The van der Waals surface area contributed by atoms with Crippen LogP contribution in [0.2, 0.25) is 10.0 Å². The summed E-state index contributed by atoms with van der Waals surface area (Å²) in [5.41, 5.74) is 2.86. The molecule has 38 heavy (non-hydrogen) atoms. The molecule has 0 saturated heterocycles. The normalized spacial score (nSPS) is 12.5. The van der Waals surface area contributed by atoms with E-state index in [1.54, 1.807) is 17.0 Å². The number of nitrogens with one attached hydrogen (secondary N) is 1. The van der Waals surface area contributed by atoms with Gasteiger partial charge in [0.1, 0.15) is 11.8 Å². The first-order valence-corrected chi connectivity index (χ1v) is 14.3. The molecule has 202 valence electrons. The number of rotatable bonds is 12. The van der Waals surface area contributed by atoms with Gasteiger partial charge in [0.25, 0.3) is 5.91 Å². The van der Waals surface area contributed by atoms with Crippen LogP contribution in [0.1, 0.15) is 43.9 Å². The van der Waals surface area contributed by atoms with E-state index in [1.807, 2.05) is 68.4 Å². The van der Waals surface area contributed by atoms with Gasteiger partial charge in [0.2, 0.25) is 5.91 Å². The Morgan fingerprint density at radius 1 is 0.947 bits per heavy atom. The molecule has 1 N–H and O–H groups in total. The van der Waals surface area contributed by atoms with Crippen LogP contribution >= 0.6 is 39.1 Å². The van der Waals surface area contributed by atoms with Crippen LogP contribution in [0.4, 0.5) is 0 Å². The third-order valence-corrected chi connectivity index (χ3v) is 7.72. The number of carbonyl (C=O) groups is 2. The molecular formula is C30H33BrCl2N2O3. The fraction of sp³-hybridized carbons (Fsp3) is 0.333. The zero-order chi connectivity index (χ0) is 27.7. The second-order valence-corrected chi connectivity index (χ2v) is 10.9. The zero-order valence-electron chi connectivity index (χ0n) is 21.8. The Labute approximate surface area is 243 Å². The van der Waals surface area contributed by atoms with Crippen molar-refractivity contribution in [3.8, 4) is 5.75 Å². The quantitative estimate of drug-likeness (QED) is 0.232. The maximum absolute atomic E-state index is 13.7. The van der Waals surface area contributed by atoms with Gasteiger partial charge in [0.15, 0.2) is 6.61 Å². The highest BCUT2D eigenvalue weighted by molar-refractivity contribution is 9.10. The van der Waals surface area contributed by atoms with Crippen molar-refractivity contribution in [3.63, 3.8) is 0 Å².